The number of rotatable bonds is 5. The fourth-order valence-corrected chi connectivity index (χ4v) is 5.34. The molecule has 8 nitrogen and oxygen atoms in total. The molecule has 1 aliphatic heterocycles. The van der Waals surface area contributed by atoms with Crippen molar-refractivity contribution in [1.29, 1.82) is 0 Å². The Kier molecular flexibility index (Phi) is 5.72. The molecule has 4 rings (SSSR count). The summed E-state index contributed by atoms with van der Waals surface area (Å²) in [6, 6.07) is 5.61. The van der Waals surface area contributed by atoms with E-state index >= 15 is 0 Å². The lowest BCUT2D eigenvalue weighted by Gasteiger charge is -2.46. The van der Waals surface area contributed by atoms with Crippen molar-refractivity contribution in [3.8, 4) is 16.3 Å². The lowest BCUT2D eigenvalue weighted by atomic mass is 9.79. The highest BCUT2D eigenvalue weighted by Crippen LogP contribution is 2.37. The standard InChI is InChI=1S/C23H29N7OS/c1-14-18(26-29-30(14)16-11-22(2,3)28-23(4,5)12-16)10-19(24-6)17-8-7-15(9-20(17)31)21-27-25-13-32-21/h7-10,13,16,28,31H,6,11-12H2,1-5H3/b19-10-. The van der Waals surface area contributed by atoms with Crippen LogP contribution >= 0.6 is 11.3 Å². The molecular weight excluding hydrogens is 422 g/mol. The fourth-order valence-electron chi connectivity index (χ4n) is 4.79. The van der Waals surface area contributed by atoms with E-state index in [1.165, 1.54) is 11.3 Å². The predicted octanol–water partition coefficient (Wildman–Crippen LogP) is 4.49. The maximum atomic E-state index is 10.6. The maximum absolute atomic E-state index is 10.6. The number of phenols is 1. The van der Waals surface area contributed by atoms with E-state index in [9.17, 15) is 5.11 Å². The Morgan fingerprint density at radius 3 is 2.56 bits per heavy atom. The minimum Gasteiger partial charge on any atom is -0.507 e. The summed E-state index contributed by atoms with van der Waals surface area (Å²) in [5, 5.41) is 31.9. The second-order valence-electron chi connectivity index (χ2n) is 9.62. The van der Waals surface area contributed by atoms with Gasteiger partial charge in [-0.15, -0.1) is 15.3 Å². The molecule has 1 saturated heterocycles. The third-order valence-electron chi connectivity index (χ3n) is 5.80. The van der Waals surface area contributed by atoms with Crippen LogP contribution in [0, 0.1) is 6.92 Å². The number of piperidine rings is 1. The van der Waals surface area contributed by atoms with Crippen molar-refractivity contribution in [3.63, 3.8) is 0 Å². The van der Waals surface area contributed by atoms with Crippen LogP contribution in [0.15, 0.2) is 28.7 Å². The second kappa shape index (κ2) is 8.22. The summed E-state index contributed by atoms with van der Waals surface area (Å²) in [5.74, 6) is 0.100. The molecule has 0 radical (unpaired) electrons. The summed E-state index contributed by atoms with van der Waals surface area (Å²) in [4.78, 5) is 4.15. The Labute approximate surface area is 192 Å². The van der Waals surface area contributed by atoms with Gasteiger partial charge in [0, 0.05) is 22.2 Å². The largest absolute Gasteiger partial charge is 0.507 e. The normalized spacial score (nSPS) is 18.6. The summed E-state index contributed by atoms with van der Waals surface area (Å²) in [6.45, 7) is 14.6. The van der Waals surface area contributed by atoms with E-state index in [0.29, 0.717) is 17.0 Å². The molecule has 32 heavy (non-hydrogen) atoms. The number of nitrogens with zero attached hydrogens (tertiary/aromatic N) is 6. The smallest absolute Gasteiger partial charge is 0.147 e. The van der Waals surface area contributed by atoms with Crippen molar-refractivity contribution in [2.75, 3.05) is 0 Å². The first-order valence-electron chi connectivity index (χ1n) is 10.6. The Morgan fingerprint density at radius 1 is 1.25 bits per heavy atom. The van der Waals surface area contributed by atoms with Crippen LogP contribution in [-0.4, -0.2) is 48.1 Å². The number of aromatic hydroxyl groups is 1. The second-order valence-corrected chi connectivity index (χ2v) is 10.5. The van der Waals surface area contributed by atoms with Gasteiger partial charge in [0.05, 0.1) is 17.4 Å². The first-order chi connectivity index (χ1) is 15.1. The molecule has 0 spiro atoms. The van der Waals surface area contributed by atoms with E-state index in [-0.39, 0.29) is 22.9 Å². The molecule has 0 atom stereocenters. The van der Waals surface area contributed by atoms with Crippen molar-refractivity contribution < 1.29 is 5.11 Å². The highest BCUT2D eigenvalue weighted by molar-refractivity contribution is 7.12. The third-order valence-corrected chi connectivity index (χ3v) is 6.54. The zero-order valence-electron chi connectivity index (χ0n) is 19.1. The van der Waals surface area contributed by atoms with Crippen molar-refractivity contribution in [1.82, 2.24) is 30.5 Å². The number of benzene rings is 1. The molecule has 1 aromatic carbocycles. The number of nitrogens with one attached hydrogen (secondary N) is 1. The van der Waals surface area contributed by atoms with Gasteiger partial charge in [0.1, 0.15) is 22.0 Å². The van der Waals surface area contributed by atoms with Gasteiger partial charge in [0.15, 0.2) is 0 Å². The molecule has 3 aromatic rings. The molecule has 0 unspecified atom stereocenters. The van der Waals surface area contributed by atoms with E-state index < -0.39 is 0 Å². The lowest BCUT2D eigenvalue weighted by Crippen LogP contribution is -2.58. The first kappa shape index (κ1) is 22.3. The van der Waals surface area contributed by atoms with E-state index in [1.54, 1.807) is 11.6 Å². The summed E-state index contributed by atoms with van der Waals surface area (Å²) >= 11 is 1.42. The molecule has 0 bridgehead atoms. The van der Waals surface area contributed by atoms with Crippen LogP contribution in [0.25, 0.3) is 22.3 Å². The van der Waals surface area contributed by atoms with Crippen molar-refractivity contribution in [2.45, 2.75) is 64.6 Å². The van der Waals surface area contributed by atoms with Gasteiger partial charge in [-0.1, -0.05) is 22.6 Å². The minimum absolute atomic E-state index is 0.00905. The Balaban J connectivity index is 1.65. The zero-order chi connectivity index (χ0) is 23.1. The van der Waals surface area contributed by atoms with E-state index in [4.69, 9.17) is 0 Å². The topological polar surface area (TPSA) is 101 Å². The molecule has 3 heterocycles. The van der Waals surface area contributed by atoms with E-state index in [0.717, 1.165) is 29.1 Å². The summed E-state index contributed by atoms with van der Waals surface area (Å²) < 4.78 is 2.02. The minimum atomic E-state index is 0.00905. The van der Waals surface area contributed by atoms with Crippen molar-refractivity contribution >= 4 is 29.8 Å². The SMILES string of the molecule is C=N/C(=C\c1nnn(C2CC(C)(C)NC(C)(C)C2)c1C)c1ccc(-c2nncs2)cc1O. The van der Waals surface area contributed by atoms with Gasteiger partial charge in [-0.2, -0.15) is 0 Å². The Hall–Kier alpha value is -2.91. The molecule has 1 fully saturated rings. The predicted molar refractivity (Wildman–Crippen MR) is 129 cm³/mol. The van der Waals surface area contributed by atoms with Crippen LogP contribution in [0.3, 0.4) is 0 Å². The third kappa shape index (κ3) is 4.49. The average Bonchev–Trinajstić information content (AvgIpc) is 3.34. The van der Waals surface area contributed by atoms with Gasteiger partial charge in [-0.05, 0) is 72.4 Å². The molecular formula is C23H29N7OS. The van der Waals surface area contributed by atoms with Crippen LogP contribution < -0.4 is 5.32 Å². The van der Waals surface area contributed by atoms with E-state index in [1.807, 2.05) is 29.8 Å². The summed E-state index contributed by atoms with van der Waals surface area (Å²) in [7, 11) is 0. The van der Waals surface area contributed by atoms with Crippen LogP contribution in [0.2, 0.25) is 0 Å². The quantitative estimate of drug-likeness (QED) is 0.554. The van der Waals surface area contributed by atoms with Crippen LogP contribution in [0.1, 0.15) is 63.5 Å². The first-order valence-corrected chi connectivity index (χ1v) is 11.5. The van der Waals surface area contributed by atoms with E-state index in [2.05, 4.69) is 65.2 Å². The van der Waals surface area contributed by atoms with Gasteiger partial charge in [-0.25, -0.2) is 4.68 Å². The van der Waals surface area contributed by atoms with Gasteiger partial charge in [0.25, 0.3) is 0 Å². The highest BCUT2D eigenvalue weighted by atomic mass is 32.1. The van der Waals surface area contributed by atoms with Gasteiger partial charge < -0.3 is 10.4 Å². The maximum Gasteiger partial charge on any atom is 0.147 e. The monoisotopic (exact) mass is 451 g/mol. The molecule has 2 N–H and O–H groups in total. The number of hydrogen-bond acceptors (Lipinski definition) is 8. The summed E-state index contributed by atoms with van der Waals surface area (Å²) in [5.41, 5.74) is 5.27. The number of phenolic OH excluding ortho intramolecular Hbond substituents is 1. The number of aliphatic imine (C=N–C) groups is 1. The molecule has 0 saturated carbocycles. The zero-order valence-corrected chi connectivity index (χ0v) is 19.9. The van der Waals surface area contributed by atoms with Gasteiger partial charge >= 0.3 is 0 Å². The molecule has 2 aromatic heterocycles. The lowest BCUT2D eigenvalue weighted by molar-refractivity contribution is 0.124. The van der Waals surface area contributed by atoms with Crippen molar-refractivity contribution in [2.24, 2.45) is 4.99 Å². The number of hydrogen-bond donors (Lipinski definition) is 2. The highest BCUT2D eigenvalue weighted by Gasteiger charge is 2.39. The number of aromatic nitrogens is 5. The molecule has 1 aliphatic rings. The fraction of sp³-hybridized carbons (Fsp3) is 0.435. The molecule has 9 heteroatoms. The van der Waals surface area contributed by atoms with Crippen molar-refractivity contribution in [3.05, 3.63) is 40.7 Å². The van der Waals surface area contributed by atoms with Crippen LogP contribution in [0.5, 0.6) is 5.75 Å². The van der Waals surface area contributed by atoms with Crippen LogP contribution in [0.4, 0.5) is 0 Å². The van der Waals surface area contributed by atoms with Crippen LogP contribution in [-0.2, 0) is 0 Å². The van der Waals surface area contributed by atoms with Gasteiger partial charge in [0.2, 0.25) is 0 Å². The molecule has 168 valence electrons. The Morgan fingerprint density at radius 2 is 1.97 bits per heavy atom. The molecule has 0 aliphatic carbocycles. The van der Waals surface area contributed by atoms with Gasteiger partial charge in [-0.3, -0.25) is 4.99 Å². The summed E-state index contributed by atoms with van der Waals surface area (Å²) in [6.07, 6.45) is 3.75. The Bertz CT molecular complexity index is 1150. The molecule has 0 amide bonds. The average molecular weight is 452 g/mol.